The standard InChI is InChI=1S/2C10H17NO3Si.2Cr.2H2O.5O/c2*1-12-15(13-2,14-3)9-7-10-6-4-5-8-11-10;;;;;;;;;/h2*4-6,8H,7,9H2,1-3H3;;;2*1H2;;;;;/q;;2*+1;;;;;;;/p-2. The number of pyridine rings is 2. The first kappa shape index (κ1) is 37.6. The Labute approximate surface area is 234 Å². The maximum absolute atomic E-state index is 9.53. The van der Waals surface area contributed by atoms with Crippen LogP contribution in [0.25, 0.3) is 0 Å². The molecule has 0 bridgehead atoms. The van der Waals surface area contributed by atoms with Crippen LogP contribution in [0.2, 0.25) is 12.1 Å². The Kier molecular flexibility index (Phi) is 18.2. The molecule has 19 heteroatoms. The summed E-state index contributed by atoms with van der Waals surface area (Å²) in [6.45, 7) is 0. The molecule has 0 spiro atoms. The molecule has 2 aromatic heterocycles. The maximum atomic E-state index is 9.53. The summed E-state index contributed by atoms with van der Waals surface area (Å²) in [7, 11) is 4.86. The first-order chi connectivity index (χ1) is 18.2. The van der Waals surface area contributed by atoms with Crippen LogP contribution in [0.5, 0.6) is 0 Å². The first-order valence-electron chi connectivity index (χ1n) is 11.0. The molecule has 0 saturated carbocycles. The number of hydrogen-bond donors (Lipinski definition) is 2. The van der Waals surface area contributed by atoms with Crippen LogP contribution in [-0.4, -0.2) is 78.6 Å². The molecule has 0 amide bonds. The normalized spacial score (nSPS) is 12.1. The molecular formula is C20H36Cr2N2O13Si2. The van der Waals surface area contributed by atoms with E-state index in [1.54, 1.807) is 55.1 Å². The molecule has 0 aliphatic heterocycles. The van der Waals surface area contributed by atoms with Crippen molar-refractivity contribution < 1.29 is 80.2 Å². The zero-order valence-electron chi connectivity index (χ0n) is 22.5. The van der Waals surface area contributed by atoms with Gasteiger partial charge in [0, 0.05) is 78.5 Å². The third kappa shape index (κ3) is 17.1. The van der Waals surface area contributed by atoms with Gasteiger partial charge in [-0.1, -0.05) is 12.1 Å². The average molecular weight is 673 g/mol. The zero-order chi connectivity index (χ0) is 30.0. The minimum absolute atomic E-state index is 0.744. The number of hydrogen-bond acceptors (Lipinski definition) is 13. The number of aromatic nitrogens is 2. The fourth-order valence-corrected chi connectivity index (χ4v) is 7.96. The van der Waals surface area contributed by atoms with Crippen LogP contribution in [0.1, 0.15) is 11.4 Å². The van der Waals surface area contributed by atoms with E-state index in [0.717, 1.165) is 36.3 Å². The molecule has 2 rings (SSSR count). The predicted molar refractivity (Wildman–Crippen MR) is 127 cm³/mol. The summed E-state index contributed by atoms with van der Waals surface area (Å²) in [6, 6.07) is 13.2. The van der Waals surface area contributed by atoms with Crippen molar-refractivity contribution in [2.75, 3.05) is 42.7 Å². The van der Waals surface area contributed by atoms with E-state index in [9.17, 15) is 15.2 Å². The quantitative estimate of drug-likeness (QED) is 0.272. The Bertz CT molecular complexity index is 1010. The monoisotopic (exact) mass is 672 g/mol. The molecule has 0 aliphatic carbocycles. The molecule has 2 aromatic rings. The van der Waals surface area contributed by atoms with Gasteiger partial charge < -0.3 is 26.6 Å². The van der Waals surface area contributed by atoms with Crippen LogP contribution >= 0.6 is 0 Å². The van der Waals surface area contributed by atoms with E-state index in [-0.39, 0.29) is 0 Å². The van der Waals surface area contributed by atoms with E-state index in [2.05, 4.69) is 12.8 Å². The Morgan fingerprint density at radius 1 is 0.615 bits per heavy atom. The molecule has 224 valence electrons. The number of aryl methyl sites for hydroxylation is 2. The van der Waals surface area contributed by atoms with Crippen molar-refractivity contribution in [3.05, 3.63) is 60.2 Å². The van der Waals surface area contributed by atoms with Crippen molar-refractivity contribution in [1.29, 1.82) is 0 Å². The van der Waals surface area contributed by atoms with E-state index in [0.29, 0.717) is 0 Å². The van der Waals surface area contributed by atoms with Gasteiger partial charge in [-0.05, 0) is 37.1 Å². The third-order valence-corrected chi connectivity index (χ3v) is 13.1. The van der Waals surface area contributed by atoms with E-state index in [1.165, 1.54) is 0 Å². The van der Waals surface area contributed by atoms with Crippen molar-refractivity contribution in [3.63, 3.8) is 0 Å². The SMILES string of the molecule is CO[Si](CCc1ccccn1)(OC)OC.CO[Si](CCc1ccccn1)(OC)OC.[O]=[Cr](=[O])([OH])[O][Cr](=[O])(=[O])[OH]. The van der Waals surface area contributed by atoms with Gasteiger partial charge in [0.05, 0.1) is 0 Å². The van der Waals surface area contributed by atoms with Crippen molar-refractivity contribution in [2.45, 2.75) is 24.9 Å². The summed E-state index contributed by atoms with van der Waals surface area (Å²) in [5.41, 5.74) is 2.06. The first-order valence-corrected chi connectivity index (χ1v) is 19.1. The second kappa shape index (κ2) is 18.9. The van der Waals surface area contributed by atoms with Crippen molar-refractivity contribution in [1.82, 2.24) is 9.97 Å². The summed E-state index contributed by atoms with van der Waals surface area (Å²) in [6.07, 6.45) is 5.18. The fourth-order valence-electron chi connectivity index (χ4n) is 2.88. The van der Waals surface area contributed by atoms with Crippen LogP contribution in [0.3, 0.4) is 0 Å². The summed E-state index contributed by atoms with van der Waals surface area (Å²) < 4.78 is 88.2. The van der Waals surface area contributed by atoms with Crippen LogP contribution in [0.4, 0.5) is 0 Å². The molecule has 2 N–H and O–H groups in total. The van der Waals surface area contributed by atoms with E-state index < -0.39 is 44.8 Å². The van der Waals surface area contributed by atoms with Gasteiger partial charge >= 0.3 is 71.2 Å². The van der Waals surface area contributed by atoms with Crippen molar-refractivity contribution >= 4 is 17.6 Å². The van der Waals surface area contributed by atoms with Crippen LogP contribution < -0.4 is 0 Å². The number of nitrogens with zero attached hydrogens (tertiary/aromatic N) is 2. The predicted octanol–water partition coefficient (Wildman–Crippen LogP) is 1.34. The van der Waals surface area contributed by atoms with Crippen LogP contribution in [-0.2, 0) is 84.7 Å². The zero-order valence-corrected chi connectivity index (χ0v) is 27.1. The molecule has 0 aliphatic rings. The van der Waals surface area contributed by atoms with Crippen LogP contribution in [0.15, 0.2) is 48.8 Å². The summed E-state index contributed by atoms with van der Waals surface area (Å²) in [5, 5.41) is 0. The molecule has 0 atom stereocenters. The molecular weight excluding hydrogens is 636 g/mol. The van der Waals surface area contributed by atoms with Gasteiger partial charge in [-0.15, -0.1) is 0 Å². The van der Waals surface area contributed by atoms with Gasteiger partial charge in [0.25, 0.3) is 0 Å². The summed E-state index contributed by atoms with van der Waals surface area (Å²) in [4.78, 5) is 8.48. The topological polar surface area (TPSA) is 199 Å². The molecule has 0 fully saturated rings. The van der Waals surface area contributed by atoms with Gasteiger partial charge in [-0.25, -0.2) is 0 Å². The van der Waals surface area contributed by atoms with Gasteiger partial charge in [-0.3, -0.25) is 9.97 Å². The molecule has 0 radical (unpaired) electrons. The Morgan fingerprint density at radius 3 is 1.10 bits per heavy atom. The van der Waals surface area contributed by atoms with E-state index in [1.807, 2.05) is 36.4 Å². The third-order valence-electron chi connectivity index (χ3n) is 4.86. The van der Waals surface area contributed by atoms with E-state index in [4.69, 9.17) is 34.9 Å². The molecule has 0 aromatic carbocycles. The Morgan fingerprint density at radius 2 is 0.923 bits per heavy atom. The second-order valence-electron chi connectivity index (χ2n) is 7.16. The molecule has 39 heavy (non-hydrogen) atoms. The Balaban J connectivity index is 0.000000576. The molecule has 2 heterocycles. The minimum atomic E-state index is -5.76. The Hall–Kier alpha value is -1.36. The van der Waals surface area contributed by atoms with Crippen LogP contribution in [0, 0.1) is 0 Å². The molecule has 15 nitrogen and oxygen atoms in total. The van der Waals surface area contributed by atoms with Gasteiger partial charge in [0.1, 0.15) is 0 Å². The van der Waals surface area contributed by atoms with E-state index >= 15 is 0 Å². The van der Waals surface area contributed by atoms with Gasteiger partial charge in [0.2, 0.25) is 0 Å². The summed E-state index contributed by atoms with van der Waals surface area (Å²) >= 11 is -11.5. The number of rotatable bonds is 14. The van der Waals surface area contributed by atoms with Crippen molar-refractivity contribution in [2.24, 2.45) is 0 Å². The average Bonchev–Trinajstić information content (AvgIpc) is 2.91. The summed E-state index contributed by atoms with van der Waals surface area (Å²) in [5.74, 6) is 0. The van der Waals surface area contributed by atoms with Gasteiger partial charge in [0.15, 0.2) is 0 Å². The molecule has 0 unspecified atom stereocenters. The molecule has 0 saturated heterocycles. The second-order valence-corrected chi connectivity index (χ2v) is 17.1. The fraction of sp³-hybridized carbons (Fsp3) is 0.500. The van der Waals surface area contributed by atoms with Crippen molar-refractivity contribution in [3.8, 4) is 0 Å². The van der Waals surface area contributed by atoms with Gasteiger partial charge in [-0.2, -0.15) is 0 Å².